The van der Waals surface area contributed by atoms with Gasteiger partial charge in [-0.3, -0.25) is 9.78 Å². The molecule has 0 radical (unpaired) electrons. The molecule has 1 atom stereocenters. The molecule has 5 heteroatoms. The Morgan fingerprint density at radius 2 is 2.10 bits per heavy atom. The molecule has 0 saturated heterocycles. The fraction of sp³-hybridized carbons (Fsp3) is 0.133. The Hall–Kier alpha value is -2.69. The summed E-state index contributed by atoms with van der Waals surface area (Å²) in [7, 11) is 0. The number of pyridine rings is 2. The van der Waals surface area contributed by atoms with E-state index in [4.69, 9.17) is 0 Å². The van der Waals surface area contributed by atoms with Gasteiger partial charge in [-0.25, -0.2) is 4.98 Å². The van der Waals surface area contributed by atoms with E-state index in [-0.39, 0.29) is 11.9 Å². The Morgan fingerprint density at radius 3 is 2.85 bits per heavy atom. The molecule has 3 rings (SSSR count). The summed E-state index contributed by atoms with van der Waals surface area (Å²) in [6, 6.07) is 11.1. The first kappa shape index (κ1) is 12.3. The van der Waals surface area contributed by atoms with Gasteiger partial charge in [-0.05, 0) is 31.2 Å². The standard InChI is InChI=1S/C15H14N4O/c1-11(12-6-2-4-8-16-12)17-15(20)13-10-19-9-5-3-7-14(19)18-13/h2-11H,1H3,(H,17,20). The molecule has 1 N–H and O–H groups in total. The van der Waals surface area contributed by atoms with Gasteiger partial charge in [-0.2, -0.15) is 0 Å². The molecule has 0 aliphatic carbocycles. The molecule has 0 aliphatic heterocycles. The number of nitrogens with one attached hydrogen (secondary N) is 1. The monoisotopic (exact) mass is 266 g/mol. The molecule has 0 spiro atoms. The van der Waals surface area contributed by atoms with Crippen molar-refractivity contribution < 1.29 is 4.79 Å². The molecule has 20 heavy (non-hydrogen) atoms. The zero-order valence-corrected chi connectivity index (χ0v) is 11.0. The minimum absolute atomic E-state index is 0.159. The van der Waals surface area contributed by atoms with Crippen LogP contribution in [-0.2, 0) is 0 Å². The van der Waals surface area contributed by atoms with Gasteiger partial charge in [0.25, 0.3) is 5.91 Å². The first-order chi connectivity index (χ1) is 9.74. The molecule has 0 aliphatic rings. The lowest BCUT2D eigenvalue weighted by Crippen LogP contribution is -2.27. The number of hydrogen-bond acceptors (Lipinski definition) is 3. The topological polar surface area (TPSA) is 59.3 Å². The molecule has 5 nitrogen and oxygen atoms in total. The van der Waals surface area contributed by atoms with Crippen LogP contribution in [-0.4, -0.2) is 20.3 Å². The predicted molar refractivity (Wildman–Crippen MR) is 75.3 cm³/mol. The summed E-state index contributed by atoms with van der Waals surface area (Å²) in [5, 5.41) is 2.90. The van der Waals surface area contributed by atoms with Crippen molar-refractivity contribution in [3.8, 4) is 0 Å². The highest BCUT2D eigenvalue weighted by Gasteiger charge is 2.14. The van der Waals surface area contributed by atoms with E-state index in [1.54, 1.807) is 12.4 Å². The van der Waals surface area contributed by atoms with Gasteiger partial charge in [-0.1, -0.05) is 12.1 Å². The lowest BCUT2D eigenvalue weighted by molar-refractivity contribution is 0.0934. The fourth-order valence-corrected chi connectivity index (χ4v) is 2.02. The van der Waals surface area contributed by atoms with Gasteiger partial charge in [0.05, 0.1) is 11.7 Å². The zero-order chi connectivity index (χ0) is 13.9. The van der Waals surface area contributed by atoms with Gasteiger partial charge in [0, 0.05) is 18.6 Å². The van der Waals surface area contributed by atoms with Crippen LogP contribution in [0.5, 0.6) is 0 Å². The molecule has 100 valence electrons. The average Bonchev–Trinajstić information content (AvgIpc) is 2.92. The number of fused-ring (bicyclic) bond motifs is 1. The largest absolute Gasteiger partial charge is 0.343 e. The van der Waals surface area contributed by atoms with Gasteiger partial charge in [0.2, 0.25) is 0 Å². The van der Waals surface area contributed by atoms with Crippen LogP contribution in [0.15, 0.2) is 55.0 Å². The quantitative estimate of drug-likeness (QED) is 0.790. The Balaban J connectivity index is 1.79. The van der Waals surface area contributed by atoms with E-state index in [0.717, 1.165) is 11.3 Å². The van der Waals surface area contributed by atoms with Crippen molar-refractivity contribution in [2.24, 2.45) is 0 Å². The number of nitrogens with zero attached hydrogens (tertiary/aromatic N) is 3. The third-order valence-electron chi connectivity index (χ3n) is 3.08. The Kier molecular flexibility index (Phi) is 3.16. The molecule has 1 unspecified atom stereocenters. The molecule has 0 aromatic carbocycles. The van der Waals surface area contributed by atoms with Crippen molar-refractivity contribution in [2.45, 2.75) is 13.0 Å². The molecular weight excluding hydrogens is 252 g/mol. The van der Waals surface area contributed by atoms with Crippen LogP contribution in [0, 0.1) is 0 Å². The highest BCUT2D eigenvalue weighted by molar-refractivity contribution is 5.93. The van der Waals surface area contributed by atoms with E-state index in [1.165, 1.54) is 0 Å². The smallest absolute Gasteiger partial charge is 0.272 e. The van der Waals surface area contributed by atoms with Crippen molar-refractivity contribution in [1.82, 2.24) is 19.7 Å². The van der Waals surface area contributed by atoms with Crippen LogP contribution in [0.25, 0.3) is 5.65 Å². The molecule has 0 bridgehead atoms. The van der Waals surface area contributed by atoms with Gasteiger partial charge < -0.3 is 9.72 Å². The number of carbonyl (C=O) groups excluding carboxylic acids is 1. The van der Waals surface area contributed by atoms with E-state index in [1.807, 2.05) is 53.9 Å². The maximum absolute atomic E-state index is 12.2. The summed E-state index contributed by atoms with van der Waals surface area (Å²) in [6.07, 6.45) is 5.29. The number of carbonyl (C=O) groups is 1. The molecule has 3 aromatic heterocycles. The van der Waals surface area contributed by atoms with E-state index >= 15 is 0 Å². The third-order valence-corrected chi connectivity index (χ3v) is 3.08. The van der Waals surface area contributed by atoms with Gasteiger partial charge in [0.15, 0.2) is 0 Å². The maximum Gasteiger partial charge on any atom is 0.272 e. The van der Waals surface area contributed by atoms with Gasteiger partial charge in [-0.15, -0.1) is 0 Å². The van der Waals surface area contributed by atoms with E-state index < -0.39 is 0 Å². The summed E-state index contributed by atoms with van der Waals surface area (Å²) >= 11 is 0. The fourth-order valence-electron chi connectivity index (χ4n) is 2.02. The molecule has 0 saturated carbocycles. The third kappa shape index (κ3) is 2.38. The second kappa shape index (κ2) is 5.13. The molecule has 0 fully saturated rings. The van der Waals surface area contributed by atoms with Crippen molar-refractivity contribution >= 4 is 11.6 Å². The minimum Gasteiger partial charge on any atom is -0.343 e. The first-order valence-electron chi connectivity index (χ1n) is 6.39. The van der Waals surface area contributed by atoms with Crippen LogP contribution in [0.3, 0.4) is 0 Å². The van der Waals surface area contributed by atoms with Crippen LogP contribution in [0.1, 0.15) is 29.1 Å². The van der Waals surface area contributed by atoms with Crippen molar-refractivity contribution in [3.05, 3.63) is 66.4 Å². The normalized spacial score (nSPS) is 12.2. The summed E-state index contributed by atoms with van der Waals surface area (Å²) in [4.78, 5) is 20.7. The summed E-state index contributed by atoms with van der Waals surface area (Å²) in [6.45, 7) is 1.90. The highest BCUT2D eigenvalue weighted by atomic mass is 16.2. The van der Waals surface area contributed by atoms with Crippen LogP contribution in [0.2, 0.25) is 0 Å². The van der Waals surface area contributed by atoms with Crippen molar-refractivity contribution in [1.29, 1.82) is 0 Å². The predicted octanol–water partition coefficient (Wildman–Crippen LogP) is 2.22. The number of rotatable bonds is 3. The summed E-state index contributed by atoms with van der Waals surface area (Å²) in [5.74, 6) is -0.202. The van der Waals surface area contributed by atoms with Crippen LogP contribution < -0.4 is 5.32 Å². The molecule has 3 heterocycles. The number of amides is 1. The lowest BCUT2D eigenvalue weighted by atomic mass is 10.2. The highest BCUT2D eigenvalue weighted by Crippen LogP contribution is 2.10. The van der Waals surface area contributed by atoms with E-state index in [0.29, 0.717) is 5.69 Å². The van der Waals surface area contributed by atoms with Crippen LogP contribution >= 0.6 is 0 Å². The van der Waals surface area contributed by atoms with Crippen molar-refractivity contribution in [3.63, 3.8) is 0 Å². The minimum atomic E-state index is -0.202. The second-order valence-corrected chi connectivity index (χ2v) is 4.54. The average molecular weight is 266 g/mol. The lowest BCUT2D eigenvalue weighted by Gasteiger charge is -2.11. The molecular formula is C15H14N4O. The first-order valence-corrected chi connectivity index (χ1v) is 6.39. The number of hydrogen-bond donors (Lipinski definition) is 1. The summed E-state index contributed by atoms with van der Waals surface area (Å²) < 4.78 is 1.82. The molecule has 3 aromatic rings. The van der Waals surface area contributed by atoms with Crippen LogP contribution in [0.4, 0.5) is 0 Å². The Bertz CT molecular complexity index is 703. The van der Waals surface area contributed by atoms with Crippen molar-refractivity contribution in [2.75, 3.05) is 0 Å². The number of aromatic nitrogens is 3. The van der Waals surface area contributed by atoms with Gasteiger partial charge >= 0.3 is 0 Å². The number of imidazole rings is 1. The maximum atomic E-state index is 12.2. The van der Waals surface area contributed by atoms with E-state index in [9.17, 15) is 4.79 Å². The SMILES string of the molecule is CC(NC(=O)c1cn2ccccc2n1)c1ccccn1. The Labute approximate surface area is 116 Å². The second-order valence-electron chi connectivity index (χ2n) is 4.54. The summed E-state index contributed by atoms with van der Waals surface area (Å²) in [5.41, 5.74) is 1.98. The Morgan fingerprint density at radius 1 is 1.25 bits per heavy atom. The van der Waals surface area contributed by atoms with Gasteiger partial charge in [0.1, 0.15) is 11.3 Å². The molecule has 1 amide bonds. The zero-order valence-electron chi connectivity index (χ0n) is 11.0. The van der Waals surface area contributed by atoms with E-state index in [2.05, 4.69) is 15.3 Å².